The summed E-state index contributed by atoms with van der Waals surface area (Å²) in [5.41, 5.74) is 0. The fraction of sp³-hybridized carbons (Fsp3) is 0.765. The molecule has 0 aliphatic carbocycles. The number of aliphatic hydroxyl groups is 1. The molecule has 1 nitrogen and oxygen atoms in total. The fourth-order valence-corrected chi connectivity index (χ4v) is 1.92. The van der Waals surface area contributed by atoms with E-state index in [0.717, 1.165) is 12.8 Å². The van der Waals surface area contributed by atoms with E-state index in [9.17, 15) is 0 Å². The molecule has 0 saturated heterocycles. The van der Waals surface area contributed by atoms with Gasteiger partial charge in [0.05, 0.1) is 0 Å². The van der Waals surface area contributed by atoms with E-state index in [4.69, 9.17) is 5.11 Å². The number of rotatable bonds is 13. The largest absolute Gasteiger partial charge is 0.396 e. The van der Waals surface area contributed by atoms with Crippen molar-refractivity contribution in [1.82, 2.24) is 0 Å². The second-order valence-corrected chi connectivity index (χ2v) is 4.95. The maximum atomic E-state index is 8.64. The standard InChI is InChI=1S/C17H32O/c1-2-3-4-5-6-7-8-9-10-11-12-13-14-15-16-17-18/h6-7,9-10,18H,2-5,8,11-17H2,1H3/b7-6?,10-9-. The summed E-state index contributed by atoms with van der Waals surface area (Å²) in [6.45, 7) is 2.60. The first kappa shape index (κ1) is 17.4. The van der Waals surface area contributed by atoms with E-state index < -0.39 is 0 Å². The molecule has 0 amide bonds. The Bertz CT molecular complexity index is 194. The predicted molar refractivity (Wildman–Crippen MR) is 81.8 cm³/mol. The summed E-state index contributed by atoms with van der Waals surface area (Å²) < 4.78 is 0. The van der Waals surface area contributed by atoms with Crippen LogP contribution in [0.25, 0.3) is 0 Å². The molecule has 0 heterocycles. The van der Waals surface area contributed by atoms with Crippen molar-refractivity contribution in [1.29, 1.82) is 0 Å². The summed E-state index contributed by atoms with van der Waals surface area (Å²) in [5.74, 6) is 0. The molecule has 1 N–H and O–H groups in total. The second kappa shape index (κ2) is 16.4. The Morgan fingerprint density at radius 2 is 1.22 bits per heavy atom. The molecule has 0 rings (SSSR count). The normalized spacial score (nSPS) is 11.9. The molecule has 0 spiro atoms. The summed E-state index contributed by atoms with van der Waals surface area (Å²) in [7, 11) is 0. The van der Waals surface area contributed by atoms with Crippen molar-refractivity contribution < 1.29 is 5.11 Å². The van der Waals surface area contributed by atoms with Crippen LogP contribution in [0.2, 0.25) is 0 Å². The van der Waals surface area contributed by atoms with E-state index in [1.165, 1.54) is 57.8 Å². The zero-order valence-electron chi connectivity index (χ0n) is 12.2. The minimum absolute atomic E-state index is 0.352. The van der Waals surface area contributed by atoms with E-state index in [0.29, 0.717) is 6.61 Å². The maximum Gasteiger partial charge on any atom is 0.0431 e. The molecular weight excluding hydrogens is 220 g/mol. The van der Waals surface area contributed by atoms with Gasteiger partial charge in [0.25, 0.3) is 0 Å². The molecule has 0 aliphatic heterocycles. The molecule has 0 aromatic heterocycles. The molecule has 106 valence electrons. The zero-order chi connectivity index (χ0) is 13.3. The Hall–Kier alpha value is -0.560. The lowest BCUT2D eigenvalue weighted by molar-refractivity contribution is 0.282. The van der Waals surface area contributed by atoms with E-state index in [2.05, 4.69) is 31.2 Å². The Kier molecular flexibility index (Phi) is 15.9. The monoisotopic (exact) mass is 252 g/mol. The van der Waals surface area contributed by atoms with Crippen LogP contribution in [0.5, 0.6) is 0 Å². The Labute approximate surface area is 114 Å². The van der Waals surface area contributed by atoms with Gasteiger partial charge in [0, 0.05) is 6.61 Å². The molecule has 0 unspecified atom stereocenters. The Morgan fingerprint density at radius 1 is 0.667 bits per heavy atom. The highest BCUT2D eigenvalue weighted by Crippen LogP contribution is 2.06. The molecule has 1 heteroatoms. The van der Waals surface area contributed by atoms with E-state index in [1.54, 1.807) is 0 Å². The molecule has 0 aromatic carbocycles. The Balaban J connectivity index is 3.13. The number of aliphatic hydroxyl groups excluding tert-OH is 1. The highest BCUT2D eigenvalue weighted by atomic mass is 16.2. The molecular formula is C17H32O. The van der Waals surface area contributed by atoms with Gasteiger partial charge in [-0.25, -0.2) is 0 Å². The number of unbranched alkanes of at least 4 members (excludes halogenated alkanes) is 8. The minimum Gasteiger partial charge on any atom is -0.396 e. The van der Waals surface area contributed by atoms with Gasteiger partial charge < -0.3 is 5.11 Å². The van der Waals surface area contributed by atoms with Crippen molar-refractivity contribution in [2.24, 2.45) is 0 Å². The molecule has 0 radical (unpaired) electrons. The third kappa shape index (κ3) is 15.4. The van der Waals surface area contributed by atoms with Gasteiger partial charge >= 0.3 is 0 Å². The van der Waals surface area contributed by atoms with Crippen LogP contribution in [0.15, 0.2) is 24.3 Å². The smallest absolute Gasteiger partial charge is 0.0431 e. The van der Waals surface area contributed by atoms with Crippen LogP contribution in [0.3, 0.4) is 0 Å². The summed E-state index contributed by atoms with van der Waals surface area (Å²) >= 11 is 0. The average Bonchev–Trinajstić information content (AvgIpc) is 2.39. The number of allylic oxidation sites excluding steroid dienone is 4. The molecule has 18 heavy (non-hydrogen) atoms. The lowest BCUT2D eigenvalue weighted by Gasteiger charge is -1.97. The summed E-state index contributed by atoms with van der Waals surface area (Å²) in [6, 6.07) is 0. The van der Waals surface area contributed by atoms with Crippen molar-refractivity contribution in [3.8, 4) is 0 Å². The lowest BCUT2D eigenvalue weighted by atomic mass is 10.1. The van der Waals surface area contributed by atoms with Crippen LogP contribution in [-0.2, 0) is 0 Å². The van der Waals surface area contributed by atoms with Gasteiger partial charge in [-0.05, 0) is 38.5 Å². The SMILES string of the molecule is CCCCCC=CC/C=C\CCCCCCCO. The number of hydrogen-bond acceptors (Lipinski definition) is 1. The second-order valence-electron chi connectivity index (χ2n) is 4.95. The van der Waals surface area contributed by atoms with Crippen molar-refractivity contribution in [2.45, 2.75) is 77.6 Å². The van der Waals surface area contributed by atoms with Crippen LogP contribution in [0.4, 0.5) is 0 Å². The van der Waals surface area contributed by atoms with Gasteiger partial charge in [0.2, 0.25) is 0 Å². The molecule has 0 aromatic rings. The first-order valence-corrected chi connectivity index (χ1v) is 7.82. The molecule has 0 bridgehead atoms. The van der Waals surface area contributed by atoms with Crippen LogP contribution >= 0.6 is 0 Å². The fourth-order valence-electron chi connectivity index (χ4n) is 1.92. The molecule has 0 aliphatic rings. The van der Waals surface area contributed by atoms with Crippen LogP contribution in [0.1, 0.15) is 77.6 Å². The van der Waals surface area contributed by atoms with Crippen LogP contribution in [-0.4, -0.2) is 11.7 Å². The molecule has 0 saturated carbocycles. The first-order valence-electron chi connectivity index (χ1n) is 7.82. The van der Waals surface area contributed by atoms with Crippen molar-refractivity contribution in [3.05, 3.63) is 24.3 Å². The quantitative estimate of drug-likeness (QED) is 0.343. The molecule has 0 fully saturated rings. The van der Waals surface area contributed by atoms with E-state index in [-0.39, 0.29) is 0 Å². The van der Waals surface area contributed by atoms with Crippen molar-refractivity contribution in [3.63, 3.8) is 0 Å². The van der Waals surface area contributed by atoms with E-state index >= 15 is 0 Å². The van der Waals surface area contributed by atoms with Gasteiger partial charge in [-0.2, -0.15) is 0 Å². The highest BCUT2D eigenvalue weighted by Gasteiger charge is 1.88. The average molecular weight is 252 g/mol. The third-order valence-corrected chi connectivity index (χ3v) is 3.11. The van der Waals surface area contributed by atoms with Gasteiger partial charge in [-0.15, -0.1) is 0 Å². The third-order valence-electron chi connectivity index (χ3n) is 3.11. The Morgan fingerprint density at radius 3 is 1.83 bits per heavy atom. The van der Waals surface area contributed by atoms with Crippen molar-refractivity contribution in [2.75, 3.05) is 6.61 Å². The molecule has 0 atom stereocenters. The van der Waals surface area contributed by atoms with E-state index in [1.807, 2.05) is 0 Å². The first-order chi connectivity index (χ1) is 8.91. The predicted octanol–water partition coefficient (Wildman–Crippen LogP) is 5.40. The topological polar surface area (TPSA) is 20.2 Å². The maximum absolute atomic E-state index is 8.64. The van der Waals surface area contributed by atoms with Crippen LogP contribution < -0.4 is 0 Å². The zero-order valence-corrected chi connectivity index (χ0v) is 12.2. The van der Waals surface area contributed by atoms with Gasteiger partial charge in [-0.1, -0.05) is 63.3 Å². The van der Waals surface area contributed by atoms with Crippen LogP contribution in [0, 0.1) is 0 Å². The van der Waals surface area contributed by atoms with Gasteiger partial charge in [0.15, 0.2) is 0 Å². The number of hydrogen-bond donors (Lipinski definition) is 1. The highest BCUT2D eigenvalue weighted by molar-refractivity contribution is 4.92. The lowest BCUT2D eigenvalue weighted by Crippen LogP contribution is -1.83. The van der Waals surface area contributed by atoms with Crippen molar-refractivity contribution >= 4 is 0 Å². The summed E-state index contributed by atoms with van der Waals surface area (Å²) in [6.07, 6.45) is 22.8. The summed E-state index contributed by atoms with van der Waals surface area (Å²) in [5, 5.41) is 8.64. The minimum atomic E-state index is 0.352. The summed E-state index contributed by atoms with van der Waals surface area (Å²) in [4.78, 5) is 0. The van der Waals surface area contributed by atoms with Gasteiger partial charge in [-0.3, -0.25) is 0 Å². The van der Waals surface area contributed by atoms with Gasteiger partial charge in [0.1, 0.15) is 0 Å².